The van der Waals surface area contributed by atoms with Gasteiger partial charge in [0.25, 0.3) is 0 Å². The first-order chi connectivity index (χ1) is 10.4. The van der Waals surface area contributed by atoms with Crippen molar-refractivity contribution in [2.45, 2.75) is 51.6 Å². The summed E-state index contributed by atoms with van der Waals surface area (Å²) in [5.74, 6) is 0.162. The van der Waals surface area contributed by atoms with Crippen LogP contribution in [0.5, 0.6) is 5.75 Å². The largest absolute Gasteiger partial charge is 0.508 e. The SMILES string of the molecule is CC1CC(C)(C)OB(c2cc(C3OCCCO3)ccc2O)O1. The predicted octanol–water partition coefficient (Wildman–Crippen LogP) is 2.13. The Balaban J connectivity index is 1.86. The van der Waals surface area contributed by atoms with E-state index < -0.39 is 7.12 Å². The average Bonchev–Trinajstić information content (AvgIpc) is 2.46. The molecule has 0 amide bonds. The number of phenols is 1. The van der Waals surface area contributed by atoms with E-state index in [2.05, 4.69) is 0 Å². The molecule has 0 aromatic heterocycles. The van der Waals surface area contributed by atoms with Crippen molar-refractivity contribution in [3.05, 3.63) is 23.8 Å². The van der Waals surface area contributed by atoms with Crippen LogP contribution in [0.3, 0.4) is 0 Å². The van der Waals surface area contributed by atoms with Gasteiger partial charge in [0, 0.05) is 17.1 Å². The van der Waals surface area contributed by atoms with E-state index in [4.69, 9.17) is 18.8 Å². The highest BCUT2D eigenvalue weighted by Crippen LogP contribution is 2.28. The minimum Gasteiger partial charge on any atom is -0.508 e. The highest BCUT2D eigenvalue weighted by Gasteiger charge is 2.39. The molecule has 2 aliphatic heterocycles. The molecule has 0 aliphatic carbocycles. The number of hydrogen-bond donors (Lipinski definition) is 1. The van der Waals surface area contributed by atoms with Gasteiger partial charge in [-0.3, -0.25) is 0 Å². The summed E-state index contributed by atoms with van der Waals surface area (Å²) in [7, 11) is -0.581. The zero-order valence-corrected chi connectivity index (χ0v) is 13.4. The average molecular weight is 306 g/mol. The fourth-order valence-corrected chi connectivity index (χ4v) is 3.04. The summed E-state index contributed by atoms with van der Waals surface area (Å²) in [6.45, 7) is 7.45. The van der Waals surface area contributed by atoms with Gasteiger partial charge in [0.15, 0.2) is 6.29 Å². The van der Waals surface area contributed by atoms with E-state index in [1.807, 2.05) is 32.9 Å². The lowest BCUT2D eigenvalue weighted by Crippen LogP contribution is -2.51. The van der Waals surface area contributed by atoms with E-state index in [9.17, 15) is 5.11 Å². The second-order valence-electron chi connectivity index (χ2n) is 6.61. The number of ether oxygens (including phenoxy) is 2. The molecule has 1 N–H and O–H groups in total. The minimum absolute atomic E-state index is 0.0685. The lowest BCUT2D eigenvalue weighted by Gasteiger charge is -2.38. The molecule has 6 heteroatoms. The second-order valence-corrected chi connectivity index (χ2v) is 6.61. The number of hydrogen-bond acceptors (Lipinski definition) is 5. The fraction of sp³-hybridized carbons (Fsp3) is 0.625. The molecule has 0 bridgehead atoms. The Bertz CT molecular complexity index is 527. The molecule has 1 atom stereocenters. The zero-order chi connectivity index (χ0) is 15.7. The predicted molar refractivity (Wildman–Crippen MR) is 83.1 cm³/mol. The summed E-state index contributed by atoms with van der Waals surface area (Å²) >= 11 is 0. The summed E-state index contributed by atoms with van der Waals surface area (Å²) < 4.78 is 23.1. The molecular formula is C16H23BO5. The number of benzene rings is 1. The molecule has 2 heterocycles. The van der Waals surface area contributed by atoms with Gasteiger partial charge in [-0.2, -0.15) is 0 Å². The Hall–Kier alpha value is -1.08. The molecule has 1 unspecified atom stereocenters. The summed E-state index contributed by atoms with van der Waals surface area (Å²) in [4.78, 5) is 0. The van der Waals surface area contributed by atoms with Crippen LogP contribution in [0.2, 0.25) is 0 Å². The van der Waals surface area contributed by atoms with Crippen molar-refractivity contribution in [3.8, 4) is 5.75 Å². The van der Waals surface area contributed by atoms with Crippen molar-refractivity contribution in [2.75, 3.05) is 13.2 Å². The van der Waals surface area contributed by atoms with Gasteiger partial charge < -0.3 is 23.9 Å². The molecule has 120 valence electrons. The highest BCUT2D eigenvalue weighted by atomic mass is 16.7. The summed E-state index contributed by atoms with van der Waals surface area (Å²) in [6, 6.07) is 5.31. The van der Waals surface area contributed by atoms with Crippen molar-refractivity contribution in [2.24, 2.45) is 0 Å². The lowest BCUT2D eigenvalue weighted by molar-refractivity contribution is -0.183. The third-order valence-corrected chi connectivity index (χ3v) is 3.97. The smallest absolute Gasteiger partial charge is 0.498 e. The van der Waals surface area contributed by atoms with Gasteiger partial charge in [-0.1, -0.05) is 12.1 Å². The number of aromatic hydroxyl groups is 1. The Morgan fingerprint density at radius 2 is 1.95 bits per heavy atom. The first-order valence-corrected chi connectivity index (χ1v) is 7.84. The van der Waals surface area contributed by atoms with Crippen LogP contribution in [-0.2, 0) is 18.8 Å². The van der Waals surface area contributed by atoms with Gasteiger partial charge in [0.1, 0.15) is 5.75 Å². The molecule has 3 rings (SSSR count). The van der Waals surface area contributed by atoms with E-state index in [0.29, 0.717) is 18.7 Å². The van der Waals surface area contributed by atoms with Crippen molar-refractivity contribution >= 4 is 12.6 Å². The summed E-state index contributed by atoms with van der Waals surface area (Å²) in [5, 5.41) is 10.2. The normalized spacial score (nSPS) is 26.1. The molecule has 5 nitrogen and oxygen atoms in total. The molecule has 0 saturated carbocycles. The van der Waals surface area contributed by atoms with Crippen LogP contribution in [0.25, 0.3) is 0 Å². The molecule has 2 saturated heterocycles. The lowest BCUT2D eigenvalue weighted by atomic mass is 9.73. The number of rotatable bonds is 2. The minimum atomic E-state index is -0.581. The van der Waals surface area contributed by atoms with E-state index in [1.54, 1.807) is 6.07 Å². The first-order valence-electron chi connectivity index (χ1n) is 7.84. The maximum Gasteiger partial charge on any atom is 0.498 e. The highest BCUT2D eigenvalue weighted by molar-refractivity contribution is 6.62. The van der Waals surface area contributed by atoms with Crippen LogP contribution < -0.4 is 5.46 Å². The van der Waals surface area contributed by atoms with Crippen molar-refractivity contribution < 1.29 is 23.9 Å². The molecule has 2 aliphatic rings. The molecule has 22 heavy (non-hydrogen) atoms. The van der Waals surface area contributed by atoms with Crippen molar-refractivity contribution in [1.29, 1.82) is 0 Å². The van der Waals surface area contributed by atoms with Gasteiger partial charge in [-0.25, -0.2) is 0 Å². The molecule has 0 spiro atoms. The second kappa shape index (κ2) is 6.20. The molecular weight excluding hydrogens is 283 g/mol. The van der Waals surface area contributed by atoms with Gasteiger partial charge in [0.2, 0.25) is 0 Å². The molecule has 2 fully saturated rings. The maximum atomic E-state index is 10.2. The van der Waals surface area contributed by atoms with Crippen LogP contribution in [0.1, 0.15) is 45.5 Å². The van der Waals surface area contributed by atoms with E-state index in [0.717, 1.165) is 18.4 Å². The standard InChI is InChI=1S/C16H23BO5/c1-11-10-16(2,3)22-17(21-11)13-9-12(5-6-14(13)18)15-19-7-4-8-20-15/h5-6,9,11,15,18H,4,7-8,10H2,1-3H3. The van der Waals surface area contributed by atoms with Gasteiger partial charge in [-0.15, -0.1) is 0 Å². The van der Waals surface area contributed by atoms with Crippen LogP contribution >= 0.6 is 0 Å². The van der Waals surface area contributed by atoms with Crippen molar-refractivity contribution in [3.63, 3.8) is 0 Å². The van der Waals surface area contributed by atoms with E-state index in [-0.39, 0.29) is 23.7 Å². The van der Waals surface area contributed by atoms with E-state index >= 15 is 0 Å². The first kappa shape index (κ1) is 15.8. The Kier molecular flexibility index (Phi) is 4.45. The Labute approximate surface area is 131 Å². The van der Waals surface area contributed by atoms with Gasteiger partial charge in [0.05, 0.1) is 18.8 Å². The quantitative estimate of drug-likeness (QED) is 0.848. The summed E-state index contributed by atoms with van der Waals surface area (Å²) in [5.41, 5.74) is 1.20. The maximum absolute atomic E-state index is 10.2. The fourth-order valence-electron chi connectivity index (χ4n) is 3.04. The Morgan fingerprint density at radius 1 is 1.23 bits per heavy atom. The summed E-state index contributed by atoms with van der Waals surface area (Å²) in [6.07, 6.45) is 1.40. The van der Waals surface area contributed by atoms with Crippen LogP contribution in [0.4, 0.5) is 0 Å². The zero-order valence-electron chi connectivity index (χ0n) is 13.4. The van der Waals surface area contributed by atoms with Gasteiger partial charge in [-0.05, 0) is 39.7 Å². The third-order valence-electron chi connectivity index (χ3n) is 3.97. The monoisotopic (exact) mass is 306 g/mol. The van der Waals surface area contributed by atoms with E-state index in [1.165, 1.54) is 0 Å². The topological polar surface area (TPSA) is 57.2 Å². The van der Waals surface area contributed by atoms with Crippen LogP contribution in [0.15, 0.2) is 18.2 Å². The van der Waals surface area contributed by atoms with Gasteiger partial charge >= 0.3 is 7.12 Å². The van der Waals surface area contributed by atoms with Crippen LogP contribution in [0, 0.1) is 0 Å². The molecule has 0 radical (unpaired) electrons. The Morgan fingerprint density at radius 3 is 2.64 bits per heavy atom. The molecule has 1 aromatic carbocycles. The van der Waals surface area contributed by atoms with Crippen molar-refractivity contribution in [1.82, 2.24) is 0 Å². The number of phenolic OH excluding ortho intramolecular Hbond substituents is 1. The third kappa shape index (κ3) is 3.46. The molecule has 1 aromatic rings. The van der Waals surface area contributed by atoms with Crippen LogP contribution in [-0.4, -0.2) is 37.1 Å².